The van der Waals surface area contributed by atoms with Crippen molar-refractivity contribution < 1.29 is 23.8 Å². The van der Waals surface area contributed by atoms with Crippen molar-refractivity contribution >= 4 is 11.8 Å². The van der Waals surface area contributed by atoms with Crippen molar-refractivity contribution in [1.29, 1.82) is 0 Å². The number of carbonyl (C=O) groups excluding carboxylic acids is 2. The van der Waals surface area contributed by atoms with E-state index in [0.717, 1.165) is 16.7 Å². The molecule has 0 aromatic heterocycles. The fourth-order valence-corrected chi connectivity index (χ4v) is 3.27. The Labute approximate surface area is 199 Å². The molecule has 3 aromatic carbocycles. The highest BCUT2D eigenvalue weighted by atomic mass is 16.5. The number of hydrogen-bond donors (Lipinski definition) is 2. The van der Waals surface area contributed by atoms with Crippen LogP contribution in [-0.2, 0) is 34.0 Å². The molecule has 3 aromatic rings. The lowest BCUT2D eigenvalue weighted by Crippen LogP contribution is -2.47. The van der Waals surface area contributed by atoms with Gasteiger partial charge in [0.2, 0.25) is 11.8 Å². The second kappa shape index (κ2) is 13.0. The average Bonchev–Trinajstić information content (AvgIpc) is 2.86. The Morgan fingerprint density at radius 3 is 1.97 bits per heavy atom. The number of nitrogens with one attached hydrogen (secondary N) is 1. The topological polar surface area (TPSA) is 99.9 Å². The fourth-order valence-electron chi connectivity index (χ4n) is 3.27. The van der Waals surface area contributed by atoms with Crippen molar-refractivity contribution in [3.8, 4) is 11.5 Å². The van der Waals surface area contributed by atoms with Crippen molar-refractivity contribution in [3.63, 3.8) is 0 Å². The first-order valence-electron chi connectivity index (χ1n) is 11.2. The molecule has 0 aliphatic carbocycles. The predicted octanol–water partition coefficient (Wildman–Crippen LogP) is 3.39. The standard InChI is InChI=1S/C27H30N2O5/c1-2-32-19-26(30)29-23(27(28)31)15-22-13-14-24(33-17-20-9-5-3-6-10-20)25(16-22)34-18-21-11-7-4-8-12-21/h3-14,16,23H,2,15,17-19H2,1H3,(H2,28,31)(H,29,30)/t23-/m1/s1. The van der Waals surface area contributed by atoms with Gasteiger partial charge in [0.15, 0.2) is 11.5 Å². The number of hydrogen-bond acceptors (Lipinski definition) is 5. The van der Waals surface area contributed by atoms with E-state index in [1.54, 1.807) is 13.0 Å². The normalized spacial score (nSPS) is 11.4. The second-order valence-corrected chi connectivity index (χ2v) is 7.69. The summed E-state index contributed by atoms with van der Waals surface area (Å²) in [6.07, 6.45) is 0.216. The summed E-state index contributed by atoms with van der Waals surface area (Å²) in [6.45, 7) is 2.81. The van der Waals surface area contributed by atoms with Gasteiger partial charge in [0.25, 0.3) is 0 Å². The Morgan fingerprint density at radius 1 is 0.824 bits per heavy atom. The van der Waals surface area contributed by atoms with Gasteiger partial charge < -0.3 is 25.3 Å². The summed E-state index contributed by atoms with van der Waals surface area (Å²) in [7, 11) is 0. The zero-order valence-electron chi connectivity index (χ0n) is 19.2. The first kappa shape index (κ1) is 24.8. The van der Waals surface area contributed by atoms with Gasteiger partial charge in [0, 0.05) is 13.0 Å². The Hall–Kier alpha value is -3.84. The number of benzene rings is 3. The van der Waals surface area contributed by atoms with E-state index in [1.807, 2.05) is 72.8 Å². The minimum atomic E-state index is -0.869. The van der Waals surface area contributed by atoms with Crippen LogP contribution in [0.2, 0.25) is 0 Å². The lowest BCUT2D eigenvalue weighted by Gasteiger charge is -2.18. The molecule has 1 atom stereocenters. The number of nitrogens with two attached hydrogens (primary N) is 1. The molecule has 0 saturated heterocycles. The first-order chi connectivity index (χ1) is 16.5. The van der Waals surface area contributed by atoms with E-state index in [0.29, 0.717) is 31.3 Å². The molecule has 0 bridgehead atoms. The quantitative estimate of drug-likeness (QED) is 0.406. The van der Waals surface area contributed by atoms with Crippen molar-refractivity contribution in [3.05, 3.63) is 95.6 Å². The van der Waals surface area contributed by atoms with E-state index in [-0.39, 0.29) is 13.0 Å². The fraction of sp³-hybridized carbons (Fsp3) is 0.259. The highest BCUT2D eigenvalue weighted by Gasteiger charge is 2.20. The summed E-state index contributed by atoms with van der Waals surface area (Å²) in [6, 6.07) is 24.2. The van der Waals surface area contributed by atoms with Crippen LogP contribution >= 0.6 is 0 Å². The Morgan fingerprint density at radius 2 is 1.41 bits per heavy atom. The number of amides is 2. The lowest BCUT2D eigenvalue weighted by atomic mass is 10.0. The van der Waals surface area contributed by atoms with Crippen molar-refractivity contribution in [2.45, 2.75) is 32.6 Å². The molecule has 0 aliphatic rings. The van der Waals surface area contributed by atoms with Gasteiger partial charge in [0.05, 0.1) is 0 Å². The van der Waals surface area contributed by atoms with Crippen LogP contribution in [0.15, 0.2) is 78.9 Å². The molecular formula is C27H30N2O5. The molecule has 3 N–H and O–H groups in total. The molecule has 34 heavy (non-hydrogen) atoms. The zero-order chi connectivity index (χ0) is 24.2. The summed E-state index contributed by atoms with van der Waals surface area (Å²) >= 11 is 0. The van der Waals surface area contributed by atoms with Crippen LogP contribution in [-0.4, -0.2) is 31.1 Å². The highest BCUT2D eigenvalue weighted by molar-refractivity contribution is 5.87. The summed E-state index contributed by atoms with van der Waals surface area (Å²) in [5, 5.41) is 2.63. The zero-order valence-corrected chi connectivity index (χ0v) is 19.2. The molecule has 0 spiro atoms. The molecule has 7 nitrogen and oxygen atoms in total. The maximum absolute atomic E-state index is 12.0. The molecule has 0 aliphatic heterocycles. The maximum Gasteiger partial charge on any atom is 0.246 e. The van der Waals surface area contributed by atoms with Gasteiger partial charge in [-0.25, -0.2) is 0 Å². The van der Waals surface area contributed by atoms with Gasteiger partial charge in [-0.15, -0.1) is 0 Å². The van der Waals surface area contributed by atoms with E-state index in [2.05, 4.69) is 5.32 Å². The largest absolute Gasteiger partial charge is 0.485 e. The van der Waals surface area contributed by atoms with Gasteiger partial charge in [0.1, 0.15) is 25.9 Å². The summed E-state index contributed by atoms with van der Waals surface area (Å²) in [4.78, 5) is 24.0. The van der Waals surface area contributed by atoms with Crippen molar-refractivity contribution in [2.75, 3.05) is 13.2 Å². The maximum atomic E-state index is 12.0. The molecular weight excluding hydrogens is 432 g/mol. The molecule has 178 valence electrons. The minimum Gasteiger partial charge on any atom is -0.485 e. The van der Waals surface area contributed by atoms with Gasteiger partial charge in [-0.1, -0.05) is 66.7 Å². The average molecular weight is 463 g/mol. The van der Waals surface area contributed by atoms with E-state index in [1.165, 1.54) is 0 Å². The van der Waals surface area contributed by atoms with Gasteiger partial charge >= 0.3 is 0 Å². The molecule has 0 saturated carbocycles. The SMILES string of the molecule is CCOCC(=O)N[C@H](Cc1ccc(OCc2ccccc2)c(OCc2ccccc2)c1)C(N)=O. The molecule has 0 radical (unpaired) electrons. The summed E-state index contributed by atoms with van der Waals surface area (Å²) < 4.78 is 17.2. The Kier molecular flexibility index (Phi) is 9.49. The molecule has 0 heterocycles. The van der Waals surface area contributed by atoms with E-state index in [9.17, 15) is 9.59 Å². The monoisotopic (exact) mass is 462 g/mol. The van der Waals surface area contributed by atoms with Crippen LogP contribution in [0.1, 0.15) is 23.6 Å². The number of carbonyl (C=O) groups is 2. The van der Waals surface area contributed by atoms with E-state index >= 15 is 0 Å². The molecule has 0 unspecified atom stereocenters. The van der Waals surface area contributed by atoms with Crippen LogP contribution in [0.25, 0.3) is 0 Å². The first-order valence-corrected chi connectivity index (χ1v) is 11.2. The smallest absolute Gasteiger partial charge is 0.246 e. The van der Waals surface area contributed by atoms with Crippen LogP contribution < -0.4 is 20.5 Å². The van der Waals surface area contributed by atoms with E-state index < -0.39 is 17.9 Å². The Balaban J connectivity index is 1.75. The number of ether oxygens (including phenoxy) is 3. The van der Waals surface area contributed by atoms with Crippen LogP contribution in [0.5, 0.6) is 11.5 Å². The predicted molar refractivity (Wildman–Crippen MR) is 129 cm³/mol. The summed E-state index contributed by atoms with van der Waals surface area (Å²) in [5.41, 5.74) is 8.35. The third-order valence-corrected chi connectivity index (χ3v) is 5.04. The van der Waals surface area contributed by atoms with Gasteiger partial charge in [-0.2, -0.15) is 0 Å². The third kappa shape index (κ3) is 7.94. The molecule has 2 amide bonds. The van der Waals surface area contributed by atoms with Crippen molar-refractivity contribution in [2.24, 2.45) is 5.73 Å². The van der Waals surface area contributed by atoms with Gasteiger partial charge in [-0.3, -0.25) is 9.59 Å². The van der Waals surface area contributed by atoms with Crippen LogP contribution in [0, 0.1) is 0 Å². The van der Waals surface area contributed by atoms with E-state index in [4.69, 9.17) is 19.9 Å². The number of rotatable bonds is 13. The van der Waals surface area contributed by atoms with Crippen LogP contribution in [0.4, 0.5) is 0 Å². The van der Waals surface area contributed by atoms with Crippen molar-refractivity contribution in [1.82, 2.24) is 5.32 Å². The molecule has 7 heteroatoms. The lowest BCUT2D eigenvalue weighted by molar-refractivity contribution is -0.130. The van der Waals surface area contributed by atoms with Crippen LogP contribution in [0.3, 0.4) is 0 Å². The number of primary amides is 1. The van der Waals surface area contributed by atoms with Gasteiger partial charge in [-0.05, 0) is 35.7 Å². The summed E-state index contributed by atoms with van der Waals surface area (Å²) in [5.74, 6) is 0.107. The third-order valence-electron chi connectivity index (χ3n) is 5.04. The Bertz CT molecular complexity index is 1060. The minimum absolute atomic E-state index is 0.127. The second-order valence-electron chi connectivity index (χ2n) is 7.69. The highest BCUT2D eigenvalue weighted by Crippen LogP contribution is 2.30. The molecule has 0 fully saturated rings. The molecule has 3 rings (SSSR count).